The summed E-state index contributed by atoms with van der Waals surface area (Å²) in [6, 6.07) is 34.9. The molecule has 0 amide bonds. The molecule has 0 aromatic heterocycles. The number of rotatable bonds is 0. The zero-order valence-corrected chi connectivity index (χ0v) is 24.1. The molecule has 164 valence electrons. The summed E-state index contributed by atoms with van der Waals surface area (Å²) in [5.74, 6) is 0. The molecule has 0 aliphatic heterocycles. The zero-order chi connectivity index (χ0) is 23.2. The second kappa shape index (κ2) is 7.39. The third-order valence-electron chi connectivity index (χ3n) is 7.14. The Labute approximate surface area is 232 Å². The number of benzene rings is 4. The van der Waals surface area contributed by atoms with Crippen LogP contribution in [0.1, 0.15) is 22.3 Å². The van der Waals surface area contributed by atoms with Crippen LogP contribution in [0.5, 0.6) is 0 Å². The first kappa shape index (κ1) is 21.6. The topological polar surface area (TPSA) is 0 Å². The van der Waals surface area contributed by atoms with Crippen LogP contribution in [0.15, 0.2) is 108 Å². The van der Waals surface area contributed by atoms with Gasteiger partial charge in [0, 0.05) is 0 Å². The van der Waals surface area contributed by atoms with E-state index in [0.717, 1.165) is 0 Å². The van der Waals surface area contributed by atoms with Crippen LogP contribution in [0.2, 0.25) is 0 Å². The van der Waals surface area contributed by atoms with Gasteiger partial charge < -0.3 is 0 Å². The lowest BCUT2D eigenvalue weighted by atomic mass is 9.74. The van der Waals surface area contributed by atoms with Crippen molar-refractivity contribution in [2.45, 2.75) is 6.47 Å². The molecule has 0 unspecified atom stereocenters. The van der Waals surface area contributed by atoms with Crippen molar-refractivity contribution in [3.63, 3.8) is 0 Å². The average Bonchev–Trinajstić information content (AvgIpc) is 3.35. The van der Waals surface area contributed by atoms with Crippen LogP contribution >= 0.6 is 63.7 Å². The highest BCUT2D eigenvalue weighted by Crippen LogP contribution is 2.73. The van der Waals surface area contributed by atoms with E-state index in [4.69, 9.17) is 0 Å². The van der Waals surface area contributed by atoms with Crippen molar-refractivity contribution >= 4 is 74.9 Å². The Kier molecular flexibility index (Phi) is 4.69. The molecule has 3 aliphatic carbocycles. The van der Waals surface area contributed by atoms with Crippen LogP contribution < -0.4 is 0 Å². The van der Waals surface area contributed by atoms with Crippen LogP contribution in [0.25, 0.3) is 33.4 Å². The number of halogens is 4. The average molecular weight is 696 g/mol. The fourth-order valence-corrected chi connectivity index (χ4v) is 8.08. The van der Waals surface area contributed by atoms with E-state index in [1.165, 1.54) is 66.8 Å². The number of alkyl halides is 4. The second-order valence-electron chi connectivity index (χ2n) is 8.83. The predicted octanol–water partition coefficient (Wildman–Crippen LogP) is 9.94. The normalized spacial score (nSPS) is 18.2. The largest absolute Gasteiger partial charge is 0.135 e. The summed E-state index contributed by atoms with van der Waals surface area (Å²) in [7, 11) is 0. The number of fused-ring (bicyclic) bond motifs is 6. The summed E-state index contributed by atoms with van der Waals surface area (Å²) in [6.07, 6.45) is 0. The molecule has 1 fully saturated rings. The molecule has 3 aliphatic rings. The first-order valence-electron chi connectivity index (χ1n) is 11.1. The van der Waals surface area contributed by atoms with Crippen LogP contribution in [0.4, 0.5) is 0 Å². The highest BCUT2D eigenvalue weighted by atomic mass is 79.9. The Balaban J connectivity index is 1.65. The molecule has 0 N–H and O–H groups in total. The van der Waals surface area contributed by atoms with Crippen molar-refractivity contribution < 1.29 is 0 Å². The van der Waals surface area contributed by atoms with Gasteiger partial charge in [-0.05, 0) is 66.8 Å². The fraction of sp³-hybridized carbons (Fsp3) is 0.0667. The van der Waals surface area contributed by atoms with Crippen molar-refractivity contribution in [1.82, 2.24) is 0 Å². The molecule has 0 heterocycles. The van der Waals surface area contributed by atoms with Crippen molar-refractivity contribution in [2.75, 3.05) is 0 Å². The van der Waals surface area contributed by atoms with E-state index in [1.54, 1.807) is 0 Å². The summed E-state index contributed by atoms with van der Waals surface area (Å²) >= 11 is 16.3. The van der Waals surface area contributed by atoms with E-state index >= 15 is 0 Å². The maximum absolute atomic E-state index is 4.06. The van der Waals surface area contributed by atoms with Crippen molar-refractivity contribution in [3.05, 3.63) is 130 Å². The highest BCUT2D eigenvalue weighted by Gasteiger charge is 2.64. The first-order valence-corrected chi connectivity index (χ1v) is 14.2. The minimum atomic E-state index is -0.498. The maximum atomic E-state index is 4.06. The van der Waals surface area contributed by atoms with E-state index in [0.29, 0.717) is 0 Å². The van der Waals surface area contributed by atoms with Crippen molar-refractivity contribution in [2.24, 2.45) is 0 Å². The third-order valence-corrected chi connectivity index (χ3v) is 13.2. The standard InChI is InChI=1S/C30H16Br4/c31-29(32)27(25-21-13-5-1-9-17(21)18-10-2-6-14-22(18)25)28(30(29,33)34)26-23-15-7-3-11-19(23)20-12-4-8-16-24(20)26/h1-16H. The molecule has 4 aromatic rings. The summed E-state index contributed by atoms with van der Waals surface area (Å²) in [6.45, 7) is 0. The van der Waals surface area contributed by atoms with Crippen LogP contribution in [0, 0.1) is 0 Å². The summed E-state index contributed by atoms with van der Waals surface area (Å²) in [5, 5.41) is 0. The lowest BCUT2D eigenvalue weighted by Crippen LogP contribution is -2.51. The smallest absolute Gasteiger partial charge is 0.0645 e. The molecule has 7 rings (SSSR count). The van der Waals surface area contributed by atoms with Gasteiger partial charge in [0.15, 0.2) is 0 Å². The van der Waals surface area contributed by atoms with Crippen molar-refractivity contribution in [3.8, 4) is 22.3 Å². The van der Waals surface area contributed by atoms with Gasteiger partial charge in [-0.25, -0.2) is 0 Å². The first-order chi connectivity index (χ1) is 16.4. The molecule has 0 saturated heterocycles. The van der Waals surface area contributed by atoms with E-state index in [2.05, 4.69) is 161 Å². The Morgan fingerprint density at radius 2 is 0.529 bits per heavy atom. The summed E-state index contributed by atoms with van der Waals surface area (Å²) < 4.78 is -0.997. The Hall–Kier alpha value is -1.72. The maximum Gasteiger partial charge on any atom is 0.135 e. The van der Waals surface area contributed by atoms with Crippen LogP contribution in [0.3, 0.4) is 0 Å². The number of allylic oxidation sites excluding steroid dienone is 2. The Morgan fingerprint density at radius 3 is 0.765 bits per heavy atom. The van der Waals surface area contributed by atoms with E-state index in [-0.39, 0.29) is 0 Å². The van der Waals surface area contributed by atoms with E-state index in [1.807, 2.05) is 0 Å². The number of hydrogen-bond donors (Lipinski definition) is 0. The Bertz CT molecular complexity index is 1390. The fourth-order valence-electron chi connectivity index (χ4n) is 5.70. The molecule has 4 heteroatoms. The van der Waals surface area contributed by atoms with Gasteiger partial charge >= 0.3 is 0 Å². The minimum Gasteiger partial charge on any atom is -0.0645 e. The lowest BCUT2D eigenvalue weighted by Gasteiger charge is -2.52. The molecular weight excluding hydrogens is 680 g/mol. The quantitative estimate of drug-likeness (QED) is 0.139. The molecule has 1 saturated carbocycles. The third kappa shape index (κ3) is 2.63. The van der Waals surface area contributed by atoms with Gasteiger partial charge in [0.25, 0.3) is 0 Å². The second-order valence-corrected chi connectivity index (χ2v) is 15.7. The van der Waals surface area contributed by atoms with Gasteiger partial charge in [-0.15, -0.1) is 0 Å². The molecule has 0 atom stereocenters. The van der Waals surface area contributed by atoms with E-state index in [9.17, 15) is 0 Å². The van der Waals surface area contributed by atoms with Crippen molar-refractivity contribution in [1.29, 1.82) is 0 Å². The van der Waals surface area contributed by atoms with Gasteiger partial charge in [0.1, 0.15) is 6.47 Å². The van der Waals surface area contributed by atoms with Gasteiger partial charge in [0.05, 0.1) is 0 Å². The predicted molar refractivity (Wildman–Crippen MR) is 157 cm³/mol. The zero-order valence-electron chi connectivity index (χ0n) is 17.7. The highest BCUT2D eigenvalue weighted by molar-refractivity contribution is 9.30. The molecule has 4 aromatic carbocycles. The molecular formula is C30H16Br4. The molecule has 0 spiro atoms. The van der Waals surface area contributed by atoms with E-state index < -0.39 is 6.47 Å². The van der Waals surface area contributed by atoms with Gasteiger partial charge in [-0.3, -0.25) is 0 Å². The minimum absolute atomic E-state index is 0.498. The SMILES string of the molecule is BrC1(Br)C(=C2c3ccccc3-c3ccccc32)C(=C2c3ccccc3-c3ccccc32)C1(Br)Br. The van der Waals surface area contributed by atoms with Crippen LogP contribution in [-0.4, -0.2) is 6.47 Å². The molecule has 0 nitrogen and oxygen atoms in total. The molecule has 34 heavy (non-hydrogen) atoms. The molecule has 0 bridgehead atoms. The summed E-state index contributed by atoms with van der Waals surface area (Å²) in [5.41, 5.74) is 15.3. The number of hydrogen-bond acceptors (Lipinski definition) is 0. The van der Waals surface area contributed by atoms with Crippen LogP contribution in [-0.2, 0) is 0 Å². The van der Waals surface area contributed by atoms with Gasteiger partial charge in [0.2, 0.25) is 0 Å². The monoisotopic (exact) mass is 692 g/mol. The Morgan fingerprint density at radius 1 is 0.324 bits per heavy atom. The molecule has 0 radical (unpaired) electrons. The van der Waals surface area contributed by atoms with Gasteiger partial charge in [-0.2, -0.15) is 0 Å². The lowest BCUT2D eigenvalue weighted by molar-refractivity contribution is 0.820. The van der Waals surface area contributed by atoms with Gasteiger partial charge in [-0.1, -0.05) is 161 Å². The summed E-state index contributed by atoms with van der Waals surface area (Å²) in [4.78, 5) is 0.